The van der Waals surface area contributed by atoms with Crippen LogP contribution in [0.1, 0.15) is 11.1 Å². The van der Waals surface area contributed by atoms with Gasteiger partial charge in [0.05, 0.1) is 12.7 Å². The van der Waals surface area contributed by atoms with Crippen LogP contribution in [-0.4, -0.2) is 28.1 Å². The third-order valence-corrected chi connectivity index (χ3v) is 3.50. The minimum absolute atomic E-state index is 0.0182. The van der Waals surface area contributed by atoms with Crippen LogP contribution >= 0.6 is 11.8 Å². The molecule has 7 heteroatoms. The predicted molar refractivity (Wildman–Crippen MR) is 77.1 cm³/mol. The first-order valence-electron chi connectivity index (χ1n) is 5.79. The van der Waals surface area contributed by atoms with Gasteiger partial charge in [-0.1, -0.05) is 23.0 Å². The molecule has 0 fully saturated rings. The van der Waals surface area contributed by atoms with Gasteiger partial charge in [0, 0.05) is 18.1 Å². The van der Waals surface area contributed by atoms with Crippen molar-refractivity contribution in [2.45, 2.75) is 10.9 Å². The van der Waals surface area contributed by atoms with Crippen molar-refractivity contribution in [1.29, 1.82) is 0 Å². The molecule has 104 valence electrons. The Kier molecular flexibility index (Phi) is 4.78. The molecule has 0 aliphatic rings. The average molecular weight is 290 g/mol. The molecule has 3 N–H and O–H groups in total. The van der Waals surface area contributed by atoms with Gasteiger partial charge in [-0.05, 0) is 23.8 Å². The van der Waals surface area contributed by atoms with Crippen LogP contribution in [0.3, 0.4) is 0 Å². The van der Waals surface area contributed by atoms with Crippen LogP contribution in [0.25, 0.3) is 0 Å². The van der Waals surface area contributed by atoms with Gasteiger partial charge in [0.2, 0.25) is 0 Å². The van der Waals surface area contributed by atoms with E-state index in [9.17, 15) is 0 Å². The van der Waals surface area contributed by atoms with Gasteiger partial charge in [-0.3, -0.25) is 0 Å². The maximum absolute atomic E-state index is 8.79. The zero-order valence-corrected chi connectivity index (χ0v) is 11.7. The first kappa shape index (κ1) is 14.1. The smallest absolute Gasteiger partial charge is 0.187 e. The molecule has 2 aromatic rings. The summed E-state index contributed by atoms with van der Waals surface area (Å²) in [6, 6.07) is 7.30. The molecule has 6 nitrogen and oxygen atoms in total. The largest absolute Gasteiger partial charge is 0.496 e. The van der Waals surface area contributed by atoms with E-state index in [-0.39, 0.29) is 5.84 Å². The fourth-order valence-corrected chi connectivity index (χ4v) is 2.35. The maximum atomic E-state index is 8.79. The fourth-order valence-electron chi connectivity index (χ4n) is 1.61. The monoisotopic (exact) mass is 290 g/mol. The van der Waals surface area contributed by atoms with Crippen molar-refractivity contribution in [3.8, 4) is 5.75 Å². The topological polar surface area (TPSA) is 93.6 Å². The van der Waals surface area contributed by atoms with E-state index in [1.165, 1.54) is 18.9 Å². The van der Waals surface area contributed by atoms with Crippen molar-refractivity contribution in [1.82, 2.24) is 9.97 Å². The summed E-state index contributed by atoms with van der Waals surface area (Å²) in [6.07, 6.45) is 3.40. The number of nitrogens with zero attached hydrogens (tertiary/aromatic N) is 3. The quantitative estimate of drug-likeness (QED) is 0.218. The molecule has 0 atom stereocenters. The first-order valence-corrected chi connectivity index (χ1v) is 6.77. The summed E-state index contributed by atoms with van der Waals surface area (Å²) in [5.74, 6) is 1.26. The average Bonchev–Trinajstić information content (AvgIpc) is 2.52. The van der Waals surface area contributed by atoms with Crippen LogP contribution in [-0.2, 0) is 5.75 Å². The number of amidine groups is 1. The van der Waals surface area contributed by atoms with Gasteiger partial charge in [0.25, 0.3) is 0 Å². The Morgan fingerprint density at radius 3 is 2.80 bits per heavy atom. The molecule has 1 aromatic heterocycles. The van der Waals surface area contributed by atoms with Crippen molar-refractivity contribution in [2.24, 2.45) is 10.9 Å². The highest BCUT2D eigenvalue weighted by Crippen LogP contribution is 2.24. The van der Waals surface area contributed by atoms with E-state index in [0.717, 1.165) is 5.56 Å². The zero-order valence-electron chi connectivity index (χ0n) is 10.9. The lowest BCUT2D eigenvalue weighted by Gasteiger charge is -2.09. The Morgan fingerprint density at radius 1 is 1.40 bits per heavy atom. The molecule has 0 unspecified atom stereocenters. The molecule has 0 saturated heterocycles. The number of hydrogen-bond acceptors (Lipinski definition) is 6. The molecule has 0 aliphatic heterocycles. The van der Waals surface area contributed by atoms with E-state index in [0.29, 0.717) is 22.2 Å². The molecule has 0 spiro atoms. The summed E-state index contributed by atoms with van der Waals surface area (Å²) in [7, 11) is 1.54. The fraction of sp³-hybridized carbons (Fsp3) is 0.154. The number of methoxy groups -OCH3 is 1. The van der Waals surface area contributed by atoms with Crippen LogP contribution in [0.5, 0.6) is 5.75 Å². The number of hydrogen-bond donors (Lipinski definition) is 2. The van der Waals surface area contributed by atoms with E-state index < -0.39 is 0 Å². The summed E-state index contributed by atoms with van der Waals surface area (Å²) in [4.78, 5) is 8.28. The van der Waals surface area contributed by atoms with Gasteiger partial charge >= 0.3 is 0 Å². The summed E-state index contributed by atoms with van der Waals surface area (Å²) in [5, 5.41) is 12.5. The molecule has 1 heterocycles. The van der Waals surface area contributed by atoms with E-state index in [2.05, 4.69) is 15.1 Å². The Hall–Kier alpha value is -2.28. The van der Waals surface area contributed by atoms with Crippen LogP contribution < -0.4 is 10.5 Å². The molecule has 0 bridgehead atoms. The third kappa shape index (κ3) is 3.39. The van der Waals surface area contributed by atoms with E-state index in [1.54, 1.807) is 24.5 Å². The number of thioether (sulfide) groups is 1. The normalized spacial score (nSPS) is 11.3. The van der Waals surface area contributed by atoms with Gasteiger partial charge in [0.1, 0.15) is 5.75 Å². The number of ether oxygens (including phenoxy) is 1. The molecule has 1 aromatic carbocycles. The summed E-state index contributed by atoms with van der Waals surface area (Å²) in [5.41, 5.74) is 7.20. The van der Waals surface area contributed by atoms with Gasteiger partial charge in [-0.25, -0.2) is 9.97 Å². The van der Waals surface area contributed by atoms with E-state index in [4.69, 9.17) is 15.7 Å². The second-order valence-corrected chi connectivity index (χ2v) is 4.78. The predicted octanol–water partition coefficient (Wildman–Crippen LogP) is 1.87. The molecule has 20 heavy (non-hydrogen) atoms. The highest BCUT2D eigenvalue weighted by Gasteiger charge is 2.09. The lowest BCUT2D eigenvalue weighted by atomic mass is 10.1. The summed E-state index contributed by atoms with van der Waals surface area (Å²) in [6.45, 7) is 0. The number of rotatable bonds is 5. The Balaban J connectivity index is 2.17. The van der Waals surface area contributed by atoms with Crippen LogP contribution in [0.4, 0.5) is 0 Å². The van der Waals surface area contributed by atoms with Gasteiger partial charge < -0.3 is 15.7 Å². The Morgan fingerprint density at radius 2 is 2.15 bits per heavy atom. The van der Waals surface area contributed by atoms with Crippen LogP contribution in [0.15, 0.2) is 47.0 Å². The molecular formula is C13H14N4O2S. The second kappa shape index (κ2) is 6.76. The Labute approximate surface area is 120 Å². The lowest BCUT2D eigenvalue weighted by Crippen LogP contribution is -2.14. The minimum atomic E-state index is 0.0182. The van der Waals surface area contributed by atoms with E-state index in [1.807, 2.05) is 12.1 Å². The summed E-state index contributed by atoms with van der Waals surface area (Å²) >= 11 is 1.51. The highest BCUT2D eigenvalue weighted by molar-refractivity contribution is 7.98. The van der Waals surface area contributed by atoms with Crippen molar-refractivity contribution in [3.05, 3.63) is 47.8 Å². The van der Waals surface area contributed by atoms with Crippen molar-refractivity contribution in [3.63, 3.8) is 0 Å². The lowest BCUT2D eigenvalue weighted by molar-refractivity contribution is 0.318. The number of oxime groups is 1. The van der Waals surface area contributed by atoms with Crippen molar-refractivity contribution < 1.29 is 9.94 Å². The SMILES string of the molecule is COc1ccc(CSc2ncccn2)cc1C(N)=NO. The third-order valence-electron chi connectivity index (χ3n) is 2.56. The second-order valence-electron chi connectivity index (χ2n) is 3.84. The van der Waals surface area contributed by atoms with Crippen molar-refractivity contribution in [2.75, 3.05) is 7.11 Å². The van der Waals surface area contributed by atoms with Gasteiger partial charge in [0.15, 0.2) is 11.0 Å². The zero-order chi connectivity index (χ0) is 14.4. The molecule has 0 amide bonds. The maximum Gasteiger partial charge on any atom is 0.187 e. The van der Waals surface area contributed by atoms with Gasteiger partial charge in [-0.15, -0.1) is 0 Å². The first-order chi connectivity index (χ1) is 9.74. The molecule has 2 rings (SSSR count). The number of nitrogens with two attached hydrogens (primary N) is 1. The molecule has 0 aliphatic carbocycles. The minimum Gasteiger partial charge on any atom is -0.496 e. The Bertz CT molecular complexity index is 605. The molecular weight excluding hydrogens is 276 g/mol. The summed E-state index contributed by atoms with van der Waals surface area (Å²) < 4.78 is 5.18. The number of benzene rings is 1. The van der Waals surface area contributed by atoms with Crippen LogP contribution in [0, 0.1) is 0 Å². The van der Waals surface area contributed by atoms with E-state index >= 15 is 0 Å². The highest BCUT2D eigenvalue weighted by atomic mass is 32.2. The molecule has 0 radical (unpaired) electrons. The van der Waals surface area contributed by atoms with Crippen molar-refractivity contribution >= 4 is 17.6 Å². The number of aromatic nitrogens is 2. The standard InChI is InChI=1S/C13H14N4O2S/c1-19-11-4-3-9(7-10(11)12(14)17-18)8-20-13-15-5-2-6-16-13/h2-7,18H,8H2,1H3,(H2,14,17). The molecule has 0 saturated carbocycles. The van der Waals surface area contributed by atoms with Crippen LogP contribution in [0.2, 0.25) is 0 Å². The van der Waals surface area contributed by atoms with Gasteiger partial charge in [-0.2, -0.15) is 0 Å².